The standard InChI is InChI=1S/C17H21F2NO3S/c18-13-6-7-14(19)15(8-13)24-11-17(22)23-10-16(21)20-9-12-4-2-1-3-5-12/h6-8,12H,1-5,9-11H2,(H,20,21). The molecule has 2 rings (SSSR count). The average molecular weight is 357 g/mol. The van der Waals surface area contributed by atoms with Gasteiger partial charge in [-0.1, -0.05) is 19.3 Å². The molecule has 1 aromatic rings. The highest BCUT2D eigenvalue weighted by Crippen LogP contribution is 2.23. The summed E-state index contributed by atoms with van der Waals surface area (Å²) in [5.41, 5.74) is 0. The summed E-state index contributed by atoms with van der Waals surface area (Å²) in [5, 5.41) is 2.77. The van der Waals surface area contributed by atoms with Crippen LogP contribution < -0.4 is 5.32 Å². The fourth-order valence-electron chi connectivity index (χ4n) is 2.61. The van der Waals surface area contributed by atoms with Gasteiger partial charge in [-0.3, -0.25) is 9.59 Å². The molecule has 0 heterocycles. The number of hydrogen-bond donors (Lipinski definition) is 1. The van der Waals surface area contributed by atoms with Crippen LogP contribution in [0.15, 0.2) is 23.1 Å². The maximum Gasteiger partial charge on any atom is 0.316 e. The van der Waals surface area contributed by atoms with Crippen LogP contribution in [0.1, 0.15) is 32.1 Å². The Labute approximate surface area is 144 Å². The van der Waals surface area contributed by atoms with Gasteiger partial charge in [0.25, 0.3) is 5.91 Å². The summed E-state index contributed by atoms with van der Waals surface area (Å²) in [4.78, 5) is 23.3. The molecule has 0 aromatic heterocycles. The average Bonchev–Trinajstić information content (AvgIpc) is 2.59. The quantitative estimate of drug-likeness (QED) is 0.601. The third-order valence-corrected chi connectivity index (χ3v) is 4.92. The van der Waals surface area contributed by atoms with Crippen LogP contribution in [0.25, 0.3) is 0 Å². The van der Waals surface area contributed by atoms with Crippen molar-refractivity contribution in [2.24, 2.45) is 5.92 Å². The second-order valence-electron chi connectivity index (χ2n) is 5.83. The van der Waals surface area contributed by atoms with E-state index in [4.69, 9.17) is 4.74 Å². The number of thioether (sulfide) groups is 1. The first kappa shape index (κ1) is 18.7. The van der Waals surface area contributed by atoms with Crippen molar-refractivity contribution in [2.45, 2.75) is 37.0 Å². The van der Waals surface area contributed by atoms with Crippen LogP contribution in [0.3, 0.4) is 0 Å². The number of rotatable bonds is 7. The van der Waals surface area contributed by atoms with Gasteiger partial charge in [0.05, 0.1) is 5.75 Å². The Morgan fingerprint density at radius 2 is 1.96 bits per heavy atom. The maximum atomic E-state index is 13.4. The third-order valence-electron chi connectivity index (χ3n) is 3.92. The van der Waals surface area contributed by atoms with Crippen LogP contribution in [0, 0.1) is 17.6 Å². The normalized spacial score (nSPS) is 15.1. The number of halogens is 2. The van der Waals surface area contributed by atoms with E-state index in [1.807, 2.05) is 0 Å². The van der Waals surface area contributed by atoms with E-state index in [0.717, 1.165) is 42.8 Å². The molecule has 0 spiro atoms. The Bertz CT molecular complexity index is 577. The first-order valence-corrected chi connectivity index (χ1v) is 9.03. The van der Waals surface area contributed by atoms with Crippen molar-refractivity contribution < 1.29 is 23.1 Å². The first-order valence-electron chi connectivity index (χ1n) is 8.05. The molecule has 1 amide bonds. The van der Waals surface area contributed by atoms with Gasteiger partial charge >= 0.3 is 5.97 Å². The Morgan fingerprint density at radius 1 is 1.21 bits per heavy atom. The molecule has 0 atom stereocenters. The van der Waals surface area contributed by atoms with Gasteiger partial charge in [-0.2, -0.15) is 0 Å². The lowest BCUT2D eigenvalue weighted by Crippen LogP contribution is -2.33. The lowest BCUT2D eigenvalue weighted by Gasteiger charge is -2.21. The number of esters is 1. The number of hydrogen-bond acceptors (Lipinski definition) is 4. The molecular formula is C17H21F2NO3S. The van der Waals surface area contributed by atoms with E-state index in [-0.39, 0.29) is 23.2 Å². The lowest BCUT2D eigenvalue weighted by molar-refractivity contribution is -0.146. The number of amides is 1. The highest BCUT2D eigenvalue weighted by atomic mass is 32.2. The Balaban J connectivity index is 1.63. The molecule has 1 saturated carbocycles. The Kier molecular flexibility index (Phi) is 7.49. The predicted molar refractivity (Wildman–Crippen MR) is 87.6 cm³/mol. The molecule has 0 aliphatic heterocycles. The molecule has 1 aliphatic carbocycles. The van der Waals surface area contributed by atoms with Crippen LogP contribution in [0.2, 0.25) is 0 Å². The molecular weight excluding hydrogens is 336 g/mol. The van der Waals surface area contributed by atoms with E-state index in [1.165, 1.54) is 19.3 Å². The van der Waals surface area contributed by atoms with E-state index in [0.29, 0.717) is 12.5 Å². The summed E-state index contributed by atoms with van der Waals surface area (Å²) in [5.74, 6) is -1.83. The van der Waals surface area contributed by atoms with Crippen molar-refractivity contribution in [3.05, 3.63) is 29.8 Å². The van der Waals surface area contributed by atoms with Crippen LogP contribution in [0.4, 0.5) is 8.78 Å². The molecule has 0 saturated heterocycles. The number of benzene rings is 1. The number of carbonyl (C=O) groups excluding carboxylic acids is 2. The van der Waals surface area contributed by atoms with Gasteiger partial charge < -0.3 is 10.1 Å². The van der Waals surface area contributed by atoms with Gasteiger partial charge in [0.1, 0.15) is 11.6 Å². The molecule has 24 heavy (non-hydrogen) atoms. The van der Waals surface area contributed by atoms with Crippen LogP contribution >= 0.6 is 11.8 Å². The number of carbonyl (C=O) groups is 2. The van der Waals surface area contributed by atoms with Crippen LogP contribution in [0.5, 0.6) is 0 Å². The van der Waals surface area contributed by atoms with E-state index in [1.54, 1.807) is 0 Å². The zero-order chi connectivity index (χ0) is 17.4. The van der Waals surface area contributed by atoms with Crippen LogP contribution in [-0.4, -0.2) is 30.8 Å². The summed E-state index contributed by atoms with van der Waals surface area (Å²) in [6.07, 6.45) is 5.89. The van der Waals surface area contributed by atoms with Crippen molar-refractivity contribution in [1.82, 2.24) is 5.32 Å². The zero-order valence-electron chi connectivity index (χ0n) is 13.4. The van der Waals surface area contributed by atoms with Gasteiger partial charge in [0.2, 0.25) is 0 Å². The SMILES string of the molecule is O=C(COC(=O)CSc1cc(F)ccc1F)NCC1CCCCC1. The van der Waals surface area contributed by atoms with Gasteiger partial charge in [-0.05, 0) is 37.0 Å². The highest BCUT2D eigenvalue weighted by Gasteiger charge is 2.15. The second-order valence-corrected chi connectivity index (χ2v) is 6.85. The van der Waals surface area contributed by atoms with Crippen LogP contribution in [-0.2, 0) is 14.3 Å². The summed E-state index contributed by atoms with van der Waals surface area (Å²) >= 11 is 0.836. The van der Waals surface area contributed by atoms with E-state index in [2.05, 4.69) is 5.32 Å². The number of nitrogens with one attached hydrogen (secondary N) is 1. The smallest absolute Gasteiger partial charge is 0.316 e. The summed E-state index contributed by atoms with van der Waals surface area (Å²) in [6, 6.07) is 3.03. The topological polar surface area (TPSA) is 55.4 Å². The molecule has 4 nitrogen and oxygen atoms in total. The minimum atomic E-state index is -0.642. The second kappa shape index (κ2) is 9.61. The molecule has 132 valence electrons. The van der Waals surface area contributed by atoms with Crippen molar-refractivity contribution in [1.29, 1.82) is 0 Å². The largest absolute Gasteiger partial charge is 0.455 e. The summed E-state index contributed by atoms with van der Waals surface area (Å²) in [7, 11) is 0. The monoisotopic (exact) mass is 357 g/mol. The summed E-state index contributed by atoms with van der Waals surface area (Å²) < 4.78 is 31.3. The third kappa shape index (κ3) is 6.47. The van der Waals surface area contributed by atoms with Gasteiger partial charge in [-0.15, -0.1) is 11.8 Å². The molecule has 7 heteroatoms. The minimum absolute atomic E-state index is 0.0358. The molecule has 0 radical (unpaired) electrons. The fourth-order valence-corrected chi connectivity index (χ4v) is 3.37. The molecule has 0 unspecified atom stereocenters. The van der Waals surface area contributed by atoms with Crippen molar-refractivity contribution >= 4 is 23.6 Å². The van der Waals surface area contributed by atoms with Crippen molar-refractivity contribution in [3.8, 4) is 0 Å². The molecule has 1 fully saturated rings. The maximum absolute atomic E-state index is 13.4. The Morgan fingerprint density at radius 3 is 2.71 bits per heavy atom. The zero-order valence-corrected chi connectivity index (χ0v) is 14.2. The highest BCUT2D eigenvalue weighted by molar-refractivity contribution is 8.00. The van der Waals surface area contributed by atoms with Gasteiger partial charge in [0.15, 0.2) is 6.61 Å². The van der Waals surface area contributed by atoms with Crippen molar-refractivity contribution in [2.75, 3.05) is 18.9 Å². The summed E-state index contributed by atoms with van der Waals surface area (Å²) in [6.45, 7) is 0.261. The van der Waals surface area contributed by atoms with E-state index >= 15 is 0 Å². The lowest BCUT2D eigenvalue weighted by atomic mass is 9.89. The predicted octanol–water partition coefficient (Wildman–Crippen LogP) is 3.30. The minimum Gasteiger partial charge on any atom is -0.455 e. The molecule has 1 N–H and O–H groups in total. The first-order chi connectivity index (χ1) is 11.5. The van der Waals surface area contributed by atoms with Gasteiger partial charge in [0, 0.05) is 11.4 Å². The fraction of sp³-hybridized carbons (Fsp3) is 0.529. The molecule has 1 aliphatic rings. The van der Waals surface area contributed by atoms with Gasteiger partial charge in [-0.25, -0.2) is 8.78 Å². The molecule has 0 bridgehead atoms. The number of ether oxygens (including phenoxy) is 1. The Hall–Kier alpha value is -1.63. The van der Waals surface area contributed by atoms with Crippen molar-refractivity contribution in [3.63, 3.8) is 0 Å². The van der Waals surface area contributed by atoms with E-state index < -0.39 is 17.6 Å². The molecule has 1 aromatic carbocycles. The van der Waals surface area contributed by atoms with E-state index in [9.17, 15) is 18.4 Å².